The summed E-state index contributed by atoms with van der Waals surface area (Å²) in [5.41, 5.74) is 0.877. The number of pyridine rings is 2. The van der Waals surface area contributed by atoms with Crippen LogP contribution in [0.3, 0.4) is 0 Å². The van der Waals surface area contributed by atoms with Crippen molar-refractivity contribution in [2.24, 2.45) is 0 Å². The second-order valence-electron chi connectivity index (χ2n) is 6.01. The van der Waals surface area contributed by atoms with E-state index in [9.17, 15) is 16.8 Å². The van der Waals surface area contributed by atoms with Crippen LogP contribution in [0.1, 0.15) is 19.4 Å². The first-order chi connectivity index (χ1) is 13.2. The summed E-state index contributed by atoms with van der Waals surface area (Å²) >= 11 is 0. The van der Waals surface area contributed by atoms with Gasteiger partial charge >= 0.3 is 0 Å². The first-order valence-corrected chi connectivity index (χ1v) is 11.8. The zero-order chi connectivity index (χ0) is 20.5. The van der Waals surface area contributed by atoms with Crippen LogP contribution in [-0.4, -0.2) is 53.1 Å². The summed E-state index contributed by atoms with van der Waals surface area (Å²) in [6.07, 6.45) is 3.04. The minimum Gasteiger partial charge on any atom is -0.237 e. The molecule has 3 rings (SSSR count). The monoisotopic (exact) mass is 421 g/mol. The molecule has 0 aliphatic rings. The molecule has 0 fully saturated rings. The summed E-state index contributed by atoms with van der Waals surface area (Å²) < 4.78 is 50.7. The Hall–Kier alpha value is -2.66. The first-order valence-electron chi connectivity index (χ1n) is 8.49. The number of rotatable bonds is 6. The Balaban J connectivity index is 2.19. The fourth-order valence-electron chi connectivity index (χ4n) is 2.39. The van der Waals surface area contributed by atoms with E-state index in [4.69, 9.17) is 0 Å². The van der Waals surface area contributed by atoms with Crippen molar-refractivity contribution in [2.75, 3.05) is 11.5 Å². The van der Waals surface area contributed by atoms with Crippen molar-refractivity contribution < 1.29 is 16.8 Å². The number of nitrogens with zero attached hydrogens (tertiary/aromatic N) is 5. The Kier molecular flexibility index (Phi) is 5.31. The van der Waals surface area contributed by atoms with Gasteiger partial charge in [-0.1, -0.05) is 19.9 Å². The molecule has 9 nitrogen and oxygen atoms in total. The van der Waals surface area contributed by atoms with Gasteiger partial charge in [0.25, 0.3) is 0 Å². The smallest absolute Gasteiger partial charge is 0.201 e. The van der Waals surface area contributed by atoms with Crippen molar-refractivity contribution in [1.82, 2.24) is 24.7 Å². The summed E-state index contributed by atoms with van der Waals surface area (Å²) in [5.74, 6) is 0.167. The molecule has 0 aliphatic carbocycles. The molecule has 3 heterocycles. The molecule has 0 spiro atoms. The lowest BCUT2D eigenvalue weighted by Gasteiger charge is -2.08. The Morgan fingerprint density at radius 2 is 1.64 bits per heavy atom. The van der Waals surface area contributed by atoms with Gasteiger partial charge in [-0.25, -0.2) is 36.5 Å². The van der Waals surface area contributed by atoms with Gasteiger partial charge in [0, 0.05) is 6.20 Å². The minimum absolute atomic E-state index is 0.00236. The predicted octanol–water partition coefficient (Wildman–Crippen LogP) is 1.62. The second kappa shape index (κ2) is 7.40. The van der Waals surface area contributed by atoms with Crippen LogP contribution in [0, 0.1) is 6.92 Å². The lowest BCUT2D eigenvalue weighted by atomic mass is 10.3. The van der Waals surface area contributed by atoms with Crippen LogP contribution >= 0.6 is 0 Å². The van der Waals surface area contributed by atoms with Gasteiger partial charge < -0.3 is 0 Å². The highest BCUT2D eigenvalue weighted by Gasteiger charge is 2.25. The summed E-state index contributed by atoms with van der Waals surface area (Å²) in [6.45, 7) is 4.89. The highest BCUT2D eigenvalue weighted by molar-refractivity contribution is 7.91. The summed E-state index contributed by atoms with van der Waals surface area (Å²) in [7, 11) is -7.30. The van der Waals surface area contributed by atoms with Crippen LogP contribution in [0.4, 0.5) is 0 Å². The van der Waals surface area contributed by atoms with E-state index in [0.717, 1.165) is 5.56 Å². The van der Waals surface area contributed by atoms with E-state index in [0.29, 0.717) is 5.82 Å². The summed E-state index contributed by atoms with van der Waals surface area (Å²) in [5, 5.41) is 4.04. The molecule has 0 bridgehead atoms. The molecule has 11 heteroatoms. The van der Waals surface area contributed by atoms with Gasteiger partial charge in [-0.05, 0) is 30.7 Å². The third-order valence-corrected chi connectivity index (χ3v) is 7.46. The molecule has 148 valence electrons. The van der Waals surface area contributed by atoms with Crippen LogP contribution in [0.15, 0.2) is 46.7 Å². The average Bonchev–Trinajstić information content (AvgIpc) is 3.18. The summed E-state index contributed by atoms with van der Waals surface area (Å²) in [4.78, 5) is 12.4. The Morgan fingerprint density at radius 3 is 2.25 bits per heavy atom. The van der Waals surface area contributed by atoms with Crippen molar-refractivity contribution in [1.29, 1.82) is 0 Å². The fraction of sp³-hybridized carbons (Fsp3) is 0.294. The van der Waals surface area contributed by atoms with Crippen LogP contribution in [0.25, 0.3) is 17.3 Å². The van der Waals surface area contributed by atoms with E-state index in [2.05, 4.69) is 20.1 Å². The van der Waals surface area contributed by atoms with Crippen molar-refractivity contribution in [3.63, 3.8) is 0 Å². The number of aromatic nitrogens is 5. The lowest BCUT2D eigenvalue weighted by molar-refractivity contribution is 0.590. The Morgan fingerprint density at radius 1 is 0.929 bits per heavy atom. The second-order valence-corrected chi connectivity index (χ2v) is 10.5. The highest BCUT2D eigenvalue weighted by Crippen LogP contribution is 2.26. The standard InChI is InChI=1S/C17H19N5O4S2/c1-4-27(23,24)13-7-9-15(28(25,26)5-2)20-16(13)17-19-11-22(21-17)14-8-6-12(3)10-18-14/h6-11H,4-5H2,1-3H3. The highest BCUT2D eigenvalue weighted by atomic mass is 32.2. The quantitative estimate of drug-likeness (QED) is 0.588. The van der Waals surface area contributed by atoms with Crippen LogP contribution < -0.4 is 0 Å². The molecular formula is C17H19N5O4S2. The maximum absolute atomic E-state index is 12.5. The molecule has 0 saturated carbocycles. The third-order valence-electron chi connectivity index (χ3n) is 4.08. The molecule has 0 atom stereocenters. The van der Waals surface area contributed by atoms with Gasteiger partial charge in [0.05, 0.1) is 16.4 Å². The van der Waals surface area contributed by atoms with E-state index in [1.807, 2.05) is 13.0 Å². The molecule has 28 heavy (non-hydrogen) atoms. The molecule has 0 saturated heterocycles. The topological polar surface area (TPSA) is 125 Å². The maximum Gasteiger partial charge on any atom is 0.201 e. The molecule has 3 aromatic rings. The average molecular weight is 422 g/mol. The molecule has 0 unspecified atom stereocenters. The van der Waals surface area contributed by atoms with Gasteiger partial charge in [-0.15, -0.1) is 5.10 Å². The SMILES string of the molecule is CCS(=O)(=O)c1ccc(S(=O)(=O)CC)c(-c2ncn(-c3ccc(C)cn3)n2)n1. The zero-order valence-corrected chi connectivity index (χ0v) is 17.2. The molecular weight excluding hydrogens is 402 g/mol. The number of hydrogen-bond acceptors (Lipinski definition) is 8. The summed E-state index contributed by atoms with van der Waals surface area (Å²) in [6, 6.07) is 6.03. The van der Waals surface area contributed by atoms with Gasteiger partial charge in [0.2, 0.25) is 5.82 Å². The van der Waals surface area contributed by atoms with Crippen molar-refractivity contribution in [3.8, 4) is 17.3 Å². The Bertz CT molecular complexity index is 1220. The van der Waals surface area contributed by atoms with Gasteiger partial charge in [-0.2, -0.15) is 0 Å². The van der Waals surface area contributed by atoms with Gasteiger partial charge in [0.1, 0.15) is 12.0 Å². The normalized spacial score (nSPS) is 12.2. The van der Waals surface area contributed by atoms with Crippen LogP contribution in [0.2, 0.25) is 0 Å². The van der Waals surface area contributed by atoms with E-state index in [1.165, 1.54) is 37.0 Å². The number of aryl methyl sites for hydroxylation is 1. The molecule has 3 aromatic heterocycles. The zero-order valence-electron chi connectivity index (χ0n) is 15.6. The van der Waals surface area contributed by atoms with Crippen molar-refractivity contribution in [3.05, 3.63) is 42.4 Å². The molecule has 0 amide bonds. The van der Waals surface area contributed by atoms with E-state index in [-0.39, 0.29) is 32.9 Å². The largest absolute Gasteiger partial charge is 0.237 e. The molecule has 0 N–H and O–H groups in total. The van der Waals surface area contributed by atoms with E-state index < -0.39 is 19.7 Å². The molecule has 0 aliphatic heterocycles. The number of sulfone groups is 2. The molecule has 0 aromatic carbocycles. The van der Waals surface area contributed by atoms with Crippen LogP contribution in [-0.2, 0) is 19.7 Å². The van der Waals surface area contributed by atoms with Crippen molar-refractivity contribution in [2.45, 2.75) is 30.7 Å². The van der Waals surface area contributed by atoms with E-state index >= 15 is 0 Å². The molecule has 0 radical (unpaired) electrons. The minimum atomic E-state index is -3.67. The van der Waals surface area contributed by atoms with Crippen LogP contribution in [0.5, 0.6) is 0 Å². The third kappa shape index (κ3) is 3.80. The van der Waals surface area contributed by atoms with Crippen molar-refractivity contribution >= 4 is 19.7 Å². The first kappa shape index (κ1) is 20.1. The number of hydrogen-bond donors (Lipinski definition) is 0. The maximum atomic E-state index is 12.5. The van der Waals surface area contributed by atoms with Gasteiger partial charge in [-0.3, -0.25) is 0 Å². The lowest BCUT2D eigenvalue weighted by Crippen LogP contribution is -2.12. The fourth-order valence-corrected chi connectivity index (χ4v) is 4.21. The Labute approximate surface area is 163 Å². The predicted molar refractivity (Wildman–Crippen MR) is 103 cm³/mol. The van der Waals surface area contributed by atoms with Gasteiger partial charge in [0.15, 0.2) is 30.5 Å². The van der Waals surface area contributed by atoms with E-state index in [1.54, 1.807) is 12.3 Å².